The van der Waals surface area contributed by atoms with Crippen LogP contribution >= 0.6 is 12.4 Å². The summed E-state index contributed by atoms with van der Waals surface area (Å²) in [7, 11) is 0. The highest BCUT2D eigenvalue weighted by Gasteiger charge is 2.22. The zero-order valence-electron chi connectivity index (χ0n) is 12.8. The van der Waals surface area contributed by atoms with Gasteiger partial charge in [-0.1, -0.05) is 36.8 Å². The first-order valence-electron chi connectivity index (χ1n) is 7.35. The Morgan fingerprint density at radius 1 is 1.29 bits per heavy atom. The molecule has 0 aliphatic carbocycles. The third-order valence-corrected chi connectivity index (χ3v) is 3.76. The smallest absolute Gasteiger partial charge is 0.219 e. The fourth-order valence-corrected chi connectivity index (χ4v) is 2.47. The molecule has 5 heteroatoms. The molecule has 1 aromatic rings. The van der Waals surface area contributed by atoms with Crippen molar-refractivity contribution >= 4 is 18.3 Å². The van der Waals surface area contributed by atoms with Gasteiger partial charge in [0, 0.05) is 26.1 Å². The molecule has 1 fully saturated rings. The first-order chi connectivity index (χ1) is 9.70. The Labute approximate surface area is 133 Å². The molecule has 1 N–H and O–H groups in total. The summed E-state index contributed by atoms with van der Waals surface area (Å²) in [5, 5.41) is 3.02. The maximum Gasteiger partial charge on any atom is 0.219 e. The molecule has 0 bridgehead atoms. The summed E-state index contributed by atoms with van der Waals surface area (Å²) in [6, 6.07) is 8.81. The molecule has 0 radical (unpaired) electrons. The van der Waals surface area contributed by atoms with E-state index in [-0.39, 0.29) is 24.4 Å². The zero-order valence-corrected chi connectivity index (χ0v) is 13.6. The fraction of sp³-hybridized carbons (Fsp3) is 0.562. The van der Waals surface area contributed by atoms with Gasteiger partial charge in [0.05, 0.1) is 19.3 Å². The predicted octanol–water partition coefficient (Wildman–Crippen LogP) is 2.32. The van der Waals surface area contributed by atoms with E-state index in [1.807, 2.05) is 6.92 Å². The number of hydrogen-bond acceptors (Lipinski definition) is 3. The standard InChI is InChI=1S/C16H24N2O2.ClH/c1-3-16(19)17-12-15(18-8-10-20-11-9-18)14-6-4-13(2)5-7-14;/h4-7,15H,3,8-12H2,1-2H3,(H,17,19);1H. The van der Waals surface area contributed by atoms with Gasteiger partial charge in [0.2, 0.25) is 5.91 Å². The quantitative estimate of drug-likeness (QED) is 0.907. The van der Waals surface area contributed by atoms with Crippen LogP contribution in [0.1, 0.15) is 30.5 Å². The highest BCUT2D eigenvalue weighted by Crippen LogP contribution is 2.21. The number of nitrogens with one attached hydrogen (secondary N) is 1. The lowest BCUT2D eigenvalue weighted by atomic mass is 10.0. The number of halogens is 1. The van der Waals surface area contributed by atoms with Crippen LogP contribution in [0.15, 0.2) is 24.3 Å². The van der Waals surface area contributed by atoms with Crippen molar-refractivity contribution in [3.05, 3.63) is 35.4 Å². The third-order valence-electron chi connectivity index (χ3n) is 3.76. The van der Waals surface area contributed by atoms with Crippen molar-refractivity contribution in [3.63, 3.8) is 0 Å². The predicted molar refractivity (Wildman–Crippen MR) is 86.9 cm³/mol. The Morgan fingerprint density at radius 2 is 1.90 bits per heavy atom. The molecular weight excluding hydrogens is 288 g/mol. The molecule has 4 nitrogen and oxygen atoms in total. The summed E-state index contributed by atoms with van der Waals surface area (Å²) in [6.07, 6.45) is 0.531. The van der Waals surface area contributed by atoms with E-state index >= 15 is 0 Å². The number of morpholine rings is 1. The number of aryl methyl sites for hydroxylation is 1. The average molecular weight is 313 g/mol. The first-order valence-corrected chi connectivity index (χ1v) is 7.35. The summed E-state index contributed by atoms with van der Waals surface area (Å²) in [4.78, 5) is 13.9. The molecule has 0 saturated carbocycles. The Kier molecular flexibility index (Phi) is 7.72. The number of nitrogens with zero attached hydrogens (tertiary/aromatic N) is 1. The zero-order chi connectivity index (χ0) is 14.4. The van der Waals surface area contributed by atoms with Crippen molar-refractivity contribution < 1.29 is 9.53 Å². The lowest BCUT2D eigenvalue weighted by Crippen LogP contribution is -2.43. The largest absolute Gasteiger partial charge is 0.379 e. The van der Waals surface area contributed by atoms with Crippen LogP contribution in [0, 0.1) is 6.92 Å². The molecule has 1 unspecified atom stereocenters. The van der Waals surface area contributed by atoms with Crippen molar-refractivity contribution in [1.82, 2.24) is 10.2 Å². The molecule has 118 valence electrons. The Morgan fingerprint density at radius 3 is 2.48 bits per heavy atom. The van der Waals surface area contributed by atoms with E-state index in [0.29, 0.717) is 13.0 Å². The van der Waals surface area contributed by atoms with Gasteiger partial charge in [-0.2, -0.15) is 0 Å². The van der Waals surface area contributed by atoms with Crippen LogP contribution in [0.4, 0.5) is 0 Å². The number of hydrogen-bond donors (Lipinski definition) is 1. The van der Waals surface area contributed by atoms with Gasteiger partial charge >= 0.3 is 0 Å². The van der Waals surface area contributed by atoms with Crippen LogP contribution in [-0.2, 0) is 9.53 Å². The molecule has 0 aromatic heterocycles. The molecule has 0 spiro atoms. The average Bonchev–Trinajstić information content (AvgIpc) is 2.50. The number of benzene rings is 1. The molecule has 1 aliphatic heterocycles. The molecule has 1 atom stereocenters. The molecule has 1 aromatic carbocycles. The van der Waals surface area contributed by atoms with E-state index in [1.165, 1.54) is 11.1 Å². The summed E-state index contributed by atoms with van der Waals surface area (Å²) in [5.41, 5.74) is 2.51. The number of rotatable bonds is 5. The maximum atomic E-state index is 11.5. The Balaban J connectivity index is 0.00000220. The highest BCUT2D eigenvalue weighted by molar-refractivity contribution is 5.85. The van der Waals surface area contributed by atoms with Gasteiger partial charge in [0.25, 0.3) is 0 Å². The second-order valence-electron chi connectivity index (χ2n) is 5.23. The molecule has 21 heavy (non-hydrogen) atoms. The topological polar surface area (TPSA) is 41.6 Å². The van der Waals surface area contributed by atoms with E-state index in [1.54, 1.807) is 0 Å². The van der Waals surface area contributed by atoms with Gasteiger partial charge in [-0.3, -0.25) is 9.69 Å². The molecule has 1 saturated heterocycles. The van der Waals surface area contributed by atoms with Crippen molar-refractivity contribution in [1.29, 1.82) is 0 Å². The summed E-state index contributed by atoms with van der Waals surface area (Å²) in [5.74, 6) is 0.107. The molecular formula is C16H25ClN2O2. The number of carbonyl (C=O) groups is 1. The fourth-order valence-electron chi connectivity index (χ4n) is 2.47. The Bertz CT molecular complexity index is 430. The van der Waals surface area contributed by atoms with Crippen molar-refractivity contribution in [2.75, 3.05) is 32.8 Å². The van der Waals surface area contributed by atoms with E-state index in [4.69, 9.17) is 4.74 Å². The monoisotopic (exact) mass is 312 g/mol. The molecule has 1 amide bonds. The van der Waals surface area contributed by atoms with E-state index in [9.17, 15) is 4.79 Å². The number of amides is 1. The van der Waals surface area contributed by atoms with Crippen molar-refractivity contribution in [2.24, 2.45) is 0 Å². The van der Waals surface area contributed by atoms with Crippen LogP contribution < -0.4 is 5.32 Å². The molecule has 2 rings (SSSR count). The van der Waals surface area contributed by atoms with Gasteiger partial charge in [-0.25, -0.2) is 0 Å². The minimum absolute atomic E-state index is 0. The van der Waals surface area contributed by atoms with Crippen LogP contribution in [0.3, 0.4) is 0 Å². The van der Waals surface area contributed by atoms with Gasteiger partial charge in [-0.05, 0) is 12.5 Å². The normalized spacial score (nSPS) is 16.9. The van der Waals surface area contributed by atoms with E-state index < -0.39 is 0 Å². The lowest BCUT2D eigenvalue weighted by molar-refractivity contribution is -0.121. The highest BCUT2D eigenvalue weighted by atomic mass is 35.5. The second-order valence-corrected chi connectivity index (χ2v) is 5.23. The van der Waals surface area contributed by atoms with Crippen molar-refractivity contribution in [2.45, 2.75) is 26.3 Å². The van der Waals surface area contributed by atoms with Gasteiger partial charge in [-0.15, -0.1) is 12.4 Å². The molecule has 1 aliphatic rings. The van der Waals surface area contributed by atoms with Gasteiger partial charge in [0.15, 0.2) is 0 Å². The number of carbonyl (C=O) groups excluding carboxylic acids is 1. The van der Waals surface area contributed by atoms with Gasteiger partial charge in [0.1, 0.15) is 0 Å². The minimum atomic E-state index is 0. The summed E-state index contributed by atoms with van der Waals surface area (Å²) in [6.45, 7) is 8.00. The SMILES string of the molecule is CCC(=O)NCC(c1ccc(C)cc1)N1CCOCC1.Cl. The number of ether oxygens (including phenoxy) is 1. The Hall–Kier alpha value is -1.10. The van der Waals surface area contributed by atoms with Crippen LogP contribution in [-0.4, -0.2) is 43.7 Å². The maximum absolute atomic E-state index is 11.5. The van der Waals surface area contributed by atoms with Gasteiger partial charge < -0.3 is 10.1 Å². The summed E-state index contributed by atoms with van der Waals surface area (Å²) < 4.78 is 5.42. The minimum Gasteiger partial charge on any atom is -0.379 e. The van der Waals surface area contributed by atoms with Crippen molar-refractivity contribution in [3.8, 4) is 0 Å². The van der Waals surface area contributed by atoms with E-state index in [0.717, 1.165) is 26.3 Å². The van der Waals surface area contributed by atoms with Crippen LogP contribution in [0.5, 0.6) is 0 Å². The van der Waals surface area contributed by atoms with Crippen LogP contribution in [0.2, 0.25) is 0 Å². The van der Waals surface area contributed by atoms with E-state index in [2.05, 4.69) is 41.4 Å². The summed E-state index contributed by atoms with van der Waals surface area (Å²) >= 11 is 0. The molecule has 1 heterocycles. The van der Waals surface area contributed by atoms with Crippen LogP contribution in [0.25, 0.3) is 0 Å². The lowest BCUT2D eigenvalue weighted by Gasteiger charge is -2.35. The third kappa shape index (κ3) is 5.30. The second kappa shape index (κ2) is 9.03. The first kappa shape index (κ1) is 18.0.